The van der Waals surface area contributed by atoms with Crippen LogP contribution in [0.5, 0.6) is 0 Å². The molecule has 1 aromatic rings. The molecule has 1 fully saturated rings. The second-order valence-corrected chi connectivity index (χ2v) is 7.99. The van der Waals surface area contributed by atoms with Gasteiger partial charge in [-0.1, -0.05) is 12.1 Å². The van der Waals surface area contributed by atoms with E-state index < -0.39 is 10.0 Å². The van der Waals surface area contributed by atoms with Gasteiger partial charge in [-0.2, -0.15) is 0 Å². The average Bonchev–Trinajstić information content (AvgIpc) is 2.54. The molecule has 1 aliphatic heterocycles. The highest BCUT2D eigenvalue weighted by molar-refractivity contribution is 7.92. The minimum absolute atomic E-state index is 0.232. The van der Waals surface area contributed by atoms with E-state index in [9.17, 15) is 18.0 Å². The molecule has 0 spiro atoms. The molecule has 2 amide bonds. The molecule has 0 N–H and O–H groups in total. The molecule has 0 aliphatic carbocycles. The van der Waals surface area contributed by atoms with Crippen molar-refractivity contribution in [3.8, 4) is 0 Å². The van der Waals surface area contributed by atoms with E-state index >= 15 is 0 Å². The lowest BCUT2D eigenvalue weighted by Gasteiger charge is -2.34. The maximum atomic E-state index is 12.5. The lowest BCUT2D eigenvalue weighted by molar-refractivity contribution is -0.133. The maximum Gasteiger partial charge on any atom is 0.243 e. The molecule has 1 saturated heterocycles. The van der Waals surface area contributed by atoms with Gasteiger partial charge in [-0.05, 0) is 31.0 Å². The van der Waals surface area contributed by atoms with Crippen molar-refractivity contribution in [2.75, 3.05) is 43.3 Å². The third-order valence-electron chi connectivity index (χ3n) is 4.13. The van der Waals surface area contributed by atoms with Crippen molar-refractivity contribution in [1.82, 2.24) is 9.80 Å². The Bertz CT molecular complexity index is 725. The number of carbonyl (C=O) groups excluding carboxylic acids is 2. The highest BCUT2D eigenvalue weighted by Crippen LogP contribution is 2.24. The van der Waals surface area contributed by atoms with E-state index in [4.69, 9.17) is 0 Å². The lowest BCUT2D eigenvalue weighted by Crippen LogP contribution is -2.51. The predicted molar refractivity (Wildman–Crippen MR) is 92.3 cm³/mol. The molecular formula is C16H23N3O4S. The van der Waals surface area contributed by atoms with E-state index in [-0.39, 0.29) is 12.5 Å². The van der Waals surface area contributed by atoms with Crippen LogP contribution in [0, 0.1) is 13.8 Å². The average molecular weight is 353 g/mol. The minimum atomic E-state index is -3.59. The second kappa shape index (κ2) is 7.21. The largest absolute Gasteiger partial charge is 0.342 e. The van der Waals surface area contributed by atoms with E-state index in [0.717, 1.165) is 28.1 Å². The van der Waals surface area contributed by atoms with Gasteiger partial charge < -0.3 is 9.80 Å². The molecule has 24 heavy (non-hydrogen) atoms. The SMILES string of the molecule is Cc1ccc(C)c(N(CC(=O)N2CCN(C=O)CC2)S(C)(=O)=O)c1. The zero-order valence-electron chi connectivity index (χ0n) is 14.2. The van der Waals surface area contributed by atoms with Gasteiger partial charge in [0.2, 0.25) is 22.3 Å². The zero-order chi connectivity index (χ0) is 17.9. The topological polar surface area (TPSA) is 78.0 Å². The Balaban J connectivity index is 2.20. The highest BCUT2D eigenvalue weighted by atomic mass is 32.2. The number of aryl methyl sites for hydroxylation is 2. The number of benzene rings is 1. The van der Waals surface area contributed by atoms with Crippen LogP contribution in [0.4, 0.5) is 5.69 Å². The Hall–Kier alpha value is -2.09. The molecule has 0 saturated carbocycles. The molecule has 1 heterocycles. The Morgan fingerprint density at radius 3 is 2.38 bits per heavy atom. The summed E-state index contributed by atoms with van der Waals surface area (Å²) in [5.41, 5.74) is 2.25. The van der Waals surface area contributed by atoms with Crippen molar-refractivity contribution in [1.29, 1.82) is 0 Å². The van der Waals surface area contributed by atoms with Crippen LogP contribution in [-0.4, -0.2) is 69.5 Å². The summed E-state index contributed by atoms with van der Waals surface area (Å²) in [5.74, 6) is -0.258. The first kappa shape index (κ1) is 18.3. The van der Waals surface area contributed by atoms with Crippen LogP contribution in [-0.2, 0) is 19.6 Å². The van der Waals surface area contributed by atoms with Gasteiger partial charge in [0, 0.05) is 26.2 Å². The first-order chi connectivity index (χ1) is 11.2. The van der Waals surface area contributed by atoms with Crippen molar-refractivity contribution in [2.45, 2.75) is 13.8 Å². The normalized spacial score (nSPS) is 15.3. The van der Waals surface area contributed by atoms with E-state index in [0.29, 0.717) is 31.9 Å². The standard InChI is InChI=1S/C16H23N3O4S/c1-13-4-5-14(2)15(10-13)19(24(3,22)23)11-16(21)18-8-6-17(12-20)7-9-18/h4-5,10,12H,6-9,11H2,1-3H3. The van der Waals surface area contributed by atoms with Gasteiger partial charge in [0.1, 0.15) is 6.54 Å². The van der Waals surface area contributed by atoms with Gasteiger partial charge in [-0.3, -0.25) is 13.9 Å². The van der Waals surface area contributed by atoms with Gasteiger partial charge in [0.15, 0.2) is 0 Å². The second-order valence-electron chi connectivity index (χ2n) is 6.08. The third-order valence-corrected chi connectivity index (χ3v) is 5.26. The zero-order valence-corrected chi connectivity index (χ0v) is 15.0. The fourth-order valence-corrected chi connectivity index (χ4v) is 3.57. The molecule has 132 valence electrons. The van der Waals surface area contributed by atoms with Crippen LogP contribution in [0.25, 0.3) is 0 Å². The molecule has 0 bridgehead atoms. The molecule has 8 heteroatoms. The highest BCUT2D eigenvalue weighted by Gasteiger charge is 2.27. The van der Waals surface area contributed by atoms with Crippen LogP contribution < -0.4 is 4.31 Å². The van der Waals surface area contributed by atoms with Crippen LogP contribution in [0.3, 0.4) is 0 Å². The summed E-state index contributed by atoms with van der Waals surface area (Å²) in [6.45, 7) is 5.24. The molecule has 0 radical (unpaired) electrons. The summed E-state index contributed by atoms with van der Waals surface area (Å²) in [7, 11) is -3.59. The minimum Gasteiger partial charge on any atom is -0.342 e. The van der Waals surface area contributed by atoms with Crippen LogP contribution in [0.15, 0.2) is 18.2 Å². The molecule has 1 aromatic carbocycles. The number of hydrogen-bond acceptors (Lipinski definition) is 4. The molecule has 0 atom stereocenters. The van der Waals surface area contributed by atoms with E-state index in [2.05, 4.69) is 0 Å². The molecule has 7 nitrogen and oxygen atoms in total. The Morgan fingerprint density at radius 1 is 1.21 bits per heavy atom. The van der Waals surface area contributed by atoms with Crippen molar-refractivity contribution >= 4 is 28.0 Å². The Morgan fingerprint density at radius 2 is 1.83 bits per heavy atom. The molecule has 0 aromatic heterocycles. The summed E-state index contributed by atoms with van der Waals surface area (Å²) in [4.78, 5) is 26.5. The van der Waals surface area contributed by atoms with Crippen molar-refractivity contribution in [2.24, 2.45) is 0 Å². The van der Waals surface area contributed by atoms with Crippen LogP contribution in [0.1, 0.15) is 11.1 Å². The molecular weight excluding hydrogens is 330 g/mol. The van der Waals surface area contributed by atoms with Gasteiger partial charge >= 0.3 is 0 Å². The molecule has 0 unspecified atom stereocenters. The monoisotopic (exact) mass is 353 g/mol. The number of sulfonamides is 1. The van der Waals surface area contributed by atoms with Gasteiger partial charge in [0.05, 0.1) is 11.9 Å². The van der Waals surface area contributed by atoms with Gasteiger partial charge in [-0.25, -0.2) is 8.42 Å². The Kier molecular flexibility index (Phi) is 5.48. The molecule has 1 aliphatic rings. The van der Waals surface area contributed by atoms with Gasteiger partial charge in [-0.15, -0.1) is 0 Å². The lowest BCUT2D eigenvalue weighted by atomic mass is 10.1. The van der Waals surface area contributed by atoms with E-state index in [1.54, 1.807) is 15.9 Å². The number of amides is 2. The number of hydrogen-bond donors (Lipinski definition) is 0. The van der Waals surface area contributed by atoms with Crippen molar-refractivity contribution < 1.29 is 18.0 Å². The van der Waals surface area contributed by atoms with Crippen LogP contribution in [0.2, 0.25) is 0 Å². The van der Waals surface area contributed by atoms with Crippen molar-refractivity contribution in [3.63, 3.8) is 0 Å². The van der Waals surface area contributed by atoms with E-state index in [1.807, 2.05) is 26.0 Å². The fraction of sp³-hybridized carbons (Fsp3) is 0.500. The predicted octanol–water partition coefficient (Wildman–Crippen LogP) is 0.370. The first-order valence-electron chi connectivity index (χ1n) is 7.74. The number of carbonyl (C=O) groups is 2. The number of rotatable bonds is 5. The van der Waals surface area contributed by atoms with E-state index in [1.165, 1.54) is 0 Å². The molecule has 2 rings (SSSR count). The summed E-state index contributed by atoms with van der Waals surface area (Å²) in [5, 5.41) is 0. The number of anilines is 1. The third kappa shape index (κ3) is 4.25. The van der Waals surface area contributed by atoms with Gasteiger partial charge in [0.25, 0.3) is 0 Å². The fourth-order valence-electron chi connectivity index (χ4n) is 2.67. The maximum absolute atomic E-state index is 12.5. The summed E-state index contributed by atoms with van der Waals surface area (Å²) >= 11 is 0. The quantitative estimate of drug-likeness (QED) is 0.717. The van der Waals surface area contributed by atoms with Crippen LogP contribution >= 0.6 is 0 Å². The first-order valence-corrected chi connectivity index (χ1v) is 9.59. The van der Waals surface area contributed by atoms with Crippen molar-refractivity contribution in [3.05, 3.63) is 29.3 Å². The smallest absolute Gasteiger partial charge is 0.243 e. The Labute approximate surface area is 142 Å². The summed E-state index contributed by atoms with van der Waals surface area (Å²) in [6, 6.07) is 5.52. The number of nitrogens with zero attached hydrogens (tertiary/aromatic N) is 3. The summed E-state index contributed by atoms with van der Waals surface area (Å²) in [6.07, 6.45) is 1.87. The summed E-state index contributed by atoms with van der Waals surface area (Å²) < 4.78 is 25.6. The number of piperazine rings is 1.